The zero-order chi connectivity index (χ0) is 16.1. The number of anilines is 1. The van der Waals surface area contributed by atoms with Crippen LogP contribution < -0.4 is 14.6 Å². The second kappa shape index (κ2) is 7.07. The first-order valence-corrected chi connectivity index (χ1v) is 9.18. The van der Waals surface area contributed by atoms with Gasteiger partial charge in [0.15, 0.2) is 0 Å². The molecule has 21 heavy (non-hydrogen) atoms. The van der Waals surface area contributed by atoms with Crippen LogP contribution in [0.2, 0.25) is 0 Å². The summed E-state index contributed by atoms with van der Waals surface area (Å²) >= 11 is 0. The van der Waals surface area contributed by atoms with Gasteiger partial charge in [-0.25, -0.2) is 22.0 Å². The number of hydrogen-bond acceptors (Lipinski definition) is 6. The molecule has 0 aliphatic carbocycles. The monoisotopic (exact) mass is 338 g/mol. The molecule has 0 aliphatic rings. The molecule has 120 valence electrons. The van der Waals surface area contributed by atoms with Crippen molar-refractivity contribution in [2.24, 2.45) is 5.14 Å². The van der Waals surface area contributed by atoms with Crippen LogP contribution in [0.5, 0.6) is 5.75 Å². The molecule has 8 nitrogen and oxygen atoms in total. The Morgan fingerprint density at radius 2 is 1.90 bits per heavy atom. The average Bonchev–Trinajstić information content (AvgIpc) is 2.36. The molecule has 1 aromatic carbocycles. The van der Waals surface area contributed by atoms with Gasteiger partial charge in [-0.3, -0.25) is 4.72 Å². The summed E-state index contributed by atoms with van der Waals surface area (Å²) in [6, 6.07) is 3.72. The van der Waals surface area contributed by atoms with Crippen LogP contribution in [0.4, 0.5) is 5.69 Å². The molecule has 1 rings (SSSR count). The average molecular weight is 338 g/mol. The van der Waals surface area contributed by atoms with Crippen LogP contribution in [-0.2, 0) is 24.8 Å². The van der Waals surface area contributed by atoms with Crippen LogP contribution >= 0.6 is 0 Å². The molecule has 0 unspecified atom stereocenters. The van der Waals surface area contributed by atoms with Crippen LogP contribution in [0.1, 0.15) is 6.92 Å². The molecule has 0 bridgehead atoms. The Morgan fingerprint density at radius 3 is 2.43 bits per heavy atom. The smallest absolute Gasteiger partial charge is 0.241 e. The Labute approximate surface area is 124 Å². The third-order valence-electron chi connectivity index (χ3n) is 2.44. The maximum absolute atomic E-state index is 11.8. The SMILES string of the molecule is CCOCCS(=O)(=O)Nc1ccc(S(N)(=O)=O)c(OC)c1. The number of sulfonamides is 2. The first-order chi connectivity index (χ1) is 9.69. The lowest BCUT2D eigenvalue weighted by atomic mass is 10.3. The summed E-state index contributed by atoms with van der Waals surface area (Å²) in [7, 11) is -6.28. The molecule has 0 amide bonds. The number of nitrogens with two attached hydrogens (primary N) is 1. The summed E-state index contributed by atoms with van der Waals surface area (Å²) in [4.78, 5) is -0.220. The normalized spacial score (nSPS) is 12.1. The molecule has 0 saturated carbocycles. The lowest BCUT2D eigenvalue weighted by Crippen LogP contribution is -2.20. The zero-order valence-corrected chi connectivity index (χ0v) is 13.3. The Kier molecular flexibility index (Phi) is 5.96. The highest BCUT2D eigenvalue weighted by molar-refractivity contribution is 7.92. The van der Waals surface area contributed by atoms with E-state index in [1.807, 2.05) is 0 Å². The van der Waals surface area contributed by atoms with E-state index in [2.05, 4.69) is 4.72 Å². The van der Waals surface area contributed by atoms with Crippen molar-refractivity contribution in [2.45, 2.75) is 11.8 Å². The third-order valence-corrected chi connectivity index (χ3v) is 4.65. The Hall–Kier alpha value is -1.36. The van der Waals surface area contributed by atoms with E-state index in [1.54, 1.807) is 6.92 Å². The molecule has 0 fully saturated rings. The Balaban J connectivity index is 2.96. The van der Waals surface area contributed by atoms with E-state index in [9.17, 15) is 16.8 Å². The van der Waals surface area contributed by atoms with Crippen molar-refractivity contribution in [1.82, 2.24) is 0 Å². The van der Waals surface area contributed by atoms with E-state index in [1.165, 1.54) is 25.3 Å². The van der Waals surface area contributed by atoms with Gasteiger partial charge in [0, 0.05) is 12.7 Å². The minimum Gasteiger partial charge on any atom is -0.495 e. The highest BCUT2D eigenvalue weighted by atomic mass is 32.2. The summed E-state index contributed by atoms with van der Waals surface area (Å²) in [6.45, 7) is 2.25. The first kappa shape index (κ1) is 17.7. The number of primary sulfonamides is 1. The number of hydrogen-bond donors (Lipinski definition) is 2. The zero-order valence-electron chi connectivity index (χ0n) is 11.7. The fraction of sp³-hybridized carbons (Fsp3) is 0.455. The van der Waals surface area contributed by atoms with Crippen molar-refractivity contribution in [3.8, 4) is 5.75 Å². The van der Waals surface area contributed by atoms with E-state index >= 15 is 0 Å². The van der Waals surface area contributed by atoms with Gasteiger partial charge in [0.2, 0.25) is 20.0 Å². The van der Waals surface area contributed by atoms with Crippen molar-refractivity contribution in [2.75, 3.05) is 30.8 Å². The molecule has 10 heteroatoms. The van der Waals surface area contributed by atoms with Gasteiger partial charge in [-0.1, -0.05) is 0 Å². The summed E-state index contributed by atoms with van der Waals surface area (Å²) in [5.41, 5.74) is 0.177. The van der Waals surface area contributed by atoms with Crippen molar-refractivity contribution in [1.29, 1.82) is 0 Å². The van der Waals surface area contributed by atoms with Crippen LogP contribution in [0.3, 0.4) is 0 Å². The molecular weight excluding hydrogens is 320 g/mol. The minimum atomic E-state index is -3.95. The molecule has 0 saturated heterocycles. The quantitative estimate of drug-likeness (QED) is 0.649. The second-order valence-electron chi connectivity index (χ2n) is 4.03. The maximum Gasteiger partial charge on any atom is 0.241 e. The number of benzene rings is 1. The standard InChI is InChI=1S/C11H18N2O6S2/c1-3-19-6-7-20(14,15)13-9-4-5-11(21(12,16)17)10(8-9)18-2/h4-5,8,13H,3,6-7H2,1-2H3,(H2,12,16,17). The van der Waals surface area contributed by atoms with Crippen LogP contribution in [0, 0.1) is 0 Å². The van der Waals surface area contributed by atoms with Crippen LogP contribution in [-0.4, -0.2) is 42.9 Å². The van der Waals surface area contributed by atoms with E-state index in [4.69, 9.17) is 14.6 Å². The summed E-state index contributed by atoms with van der Waals surface area (Å²) < 4.78 is 58.4. The molecular formula is C11H18N2O6S2. The van der Waals surface area contributed by atoms with Gasteiger partial charge in [0.05, 0.1) is 25.2 Å². The largest absolute Gasteiger partial charge is 0.495 e. The van der Waals surface area contributed by atoms with Crippen LogP contribution in [0.25, 0.3) is 0 Å². The van der Waals surface area contributed by atoms with Gasteiger partial charge in [-0.15, -0.1) is 0 Å². The van der Waals surface area contributed by atoms with Crippen molar-refractivity contribution >= 4 is 25.7 Å². The van der Waals surface area contributed by atoms with Gasteiger partial charge >= 0.3 is 0 Å². The third kappa shape index (κ3) is 5.50. The molecule has 0 aliphatic heterocycles. The number of rotatable bonds is 8. The van der Waals surface area contributed by atoms with E-state index < -0.39 is 20.0 Å². The summed E-state index contributed by atoms with van der Waals surface area (Å²) in [6.07, 6.45) is 0. The highest BCUT2D eigenvalue weighted by Crippen LogP contribution is 2.26. The van der Waals surface area contributed by atoms with Gasteiger partial charge in [0.1, 0.15) is 10.6 Å². The lowest BCUT2D eigenvalue weighted by Gasteiger charge is -2.11. The first-order valence-electron chi connectivity index (χ1n) is 5.98. The molecule has 1 aromatic rings. The van der Waals surface area contributed by atoms with Crippen molar-refractivity contribution < 1.29 is 26.3 Å². The summed E-state index contributed by atoms with van der Waals surface area (Å²) in [5, 5.41) is 5.03. The second-order valence-corrected chi connectivity index (χ2v) is 7.40. The van der Waals surface area contributed by atoms with Gasteiger partial charge in [-0.05, 0) is 19.1 Å². The van der Waals surface area contributed by atoms with Crippen LogP contribution in [0.15, 0.2) is 23.1 Å². The highest BCUT2D eigenvalue weighted by Gasteiger charge is 2.17. The Morgan fingerprint density at radius 1 is 1.24 bits per heavy atom. The van der Waals surface area contributed by atoms with Gasteiger partial charge < -0.3 is 9.47 Å². The molecule has 0 atom stereocenters. The molecule has 0 heterocycles. The van der Waals surface area contributed by atoms with Gasteiger partial charge in [-0.2, -0.15) is 0 Å². The van der Waals surface area contributed by atoms with Crippen molar-refractivity contribution in [3.63, 3.8) is 0 Å². The Bertz CT molecular complexity index is 685. The van der Waals surface area contributed by atoms with E-state index in [-0.39, 0.29) is 28.7 Å². The fourth-order valence-corrected chi connectivity index (χ4v) is 3.12. The molecule has 3 N–H and O–H groups in total. The number of nitrogens with one attached hydrogen (secondary N) is 1. The summed E-state index contributed by atoms with van der Waals surface area (Å²) in [5.74, 6) is -0.248. The van der Waals surface area contributed by atoms with E-state index in [0.717, 1.165) is 0 Å². The maximum atomic E-state index is 11.8. The number of ether oxygens (including phenoxy) is 2. The molecule has 0 spiro atoms. The number of methoxy groups -OCH3 is 1. The predicted molar refractivity (Wildman–Crippen MR) is 78.3 cm³/mol. The van der Waals surface area contributed by atoms with Crippen molar-refractivity contribution in [3.05, 3.63) is 18.2 Å². The fourth-order valence-electron chi connectivity index (χ4n) is 1.51. The molecule has 0 radical (unpaired) electrons. The van der Waals surface area contributed by atoms with Gasteiger partial charge in [0.25, 0.3) is 0 Å². The van der Waals surface area contributed by atoms with E-state index in [0.29, 0.717) is 6.61 Å². The molecule has 0 aromatic heterocycles. The lowest BCUT2D eigenvalue weighted by molar-refractivity contribution is 0.163. The topological polar surface area (TPSA) is 125 Å². The predicted octanol–water partition coefficient (Wildman–Crippen LogP) is 0.121. The minimum absolute atomic E-state index is 0.0393.